The van der Waals surface area contributed by atoms with Crippen LogP contribution in [0.15, 0.2) is 59.1 Å². The van der Waals surface area contributed by atoms with Crippen molar-refractivity contribution in [1.82, 2.24) is 5.16 Å². The maximum atomic E-state index is 12.2. The van der Waals surface area contributed by atoms with Crippen molar-refractivity contribution in [3.05, 3.63) is 60.3 Å². The molecular formula is C17H14N2O4. The molecule has 0 aliphatic rings. The molecule has 6 heteroatoms. The van der Waals surface area contributed by atoms with E-state index in [9.17, 15) is 9.90 Å². The molecule has 3 aromatic rings. The number of nitrogens with one attached hydrogen (secondary N) is 1. The maximum absolute atomic E-state index is 12.2. The first-order chi connectivity index (χ1) is 11.2. The van der Waals surface area contributed by atoms with Crippen molar-refractivity contribution < 1.29 is 19.2 Å². The fraction of sp³-hybridized carbons (Fsp3) is 0.0588. The Morgan fingerprint density at radius 3 is 2.78 bits per heavy atom. The minimum Gasteiger partial charge on any atom is -0.508 e. The number of hydrogen-bond acceptors (Lipinski definition) is 5. The molecule has 0 atom stereocenters. The lowest BCUT2D eigenvalue weighted by Gasteiger charge is -2.03. The summed E-state index contributed by atoms with van der Waals surface area (Å²) in [6.45, 7) is 0. The highest BCUT2D eigenvalue weighted by molar-refractivity contribution is 6.03. The molecule has 3 rings (SSSR count). The fourth-order valence-corrected chi connectivity index (χ4v) is 2.14. The van der Waals surface area contributed by atoms with Crippen molar-refractivity contribution in [2.45, 2.75) is 0 Å². The molecule has 0 saturated carbocycles. The van der Waals surface area contributed by atoms with Gasteiger partial charge in [-0.3, -0.25) is 4.79 Å². The van der Waals surface area contributed by atoms with Gasteiger partial charge >= 0.3 is 0 Å². The van der Waals surface area contributed by atoms with Crippen LogP contribution in [0.3, 0.4) is 0 Å². The van der Waals surface area contributed by atoms with E-state index in [-0.39, 0.29) is 11.4 Å². The highest BCUT2D eigenvalue weighted by atomic mass is 16.5. The first-order valence-electron chi connectivity index (χ1n) is 6.88. The summed E-state index contributed by atoms with van der Waals surface area (Å²) in [4.78, 5) is 12.2. The minimum absolute atomic E-state index is 0.0673. The number of benzene rings is 2. The third-order valence-corrected chi connectivity index (χ3v) is 3.22. The van der Waals surface area contributed by atoms with Crippen LogP contribution in [0.2, 0.25) is 0 Å². The van der Waals surface area contributed by atoms with E-state index in [0.717, 1.165) is 0 Å². The number of anilines is 1. The highest BCUT2D eigenvalue weighted by Crippen LogP contribution is 2.30. The minimum atomic E-state index is -0.430. The van der Waals surface area contributed by atoms with Gasteiger partial charge in [-0.15, -0.1) is 0 Å². The van der Waals surface area contributed by atoms with Crippen LogP contribution < -0.4 is 10.1 Å². The van der Waals surface area contributed by atoms with Gasteiger partial charge in [0.25, 0.3) is 5.91 Å². The van der Waals surface area contributed by atoms with Crippen molar-refractivity contribution >= 4 is 11.6 Å². The number of carbonyl (C=O) groups is 1. The van der Waals surface area contributed by atoms with Crippen LogP contribution in [0.4, 0.5) is 5.69 Å². The second-order valence-electron chi connectivity index (χ2n) is 4.78. The van der Waals surface area contributed by atoms with Crippen LogP contribution >= 0.6 is 0 Å². The Morgan fingerprint density at radius 2 is 2.00 bits per heavy atom. The largest absolute Gasteiger partial charge is 0.508 e. The van der Waals surface area contributed by atoms with Crippen LogP contribution in [0.5, 0.6) is 11.5 Å². The average molecular weight is 310 g/mol. The van der Waals surface area contributed by atoms with Crippen molar-refractivity contribution in [1.29, 1.82) is 0 Å². The number of aromatic hydroxyl groups is 1. The average Bonchev–Trinajstić information content (AvgIpc) is 3.05. The van der Waals surface area contributed by atoms with Gasteiger partial charge in [0, 0.05) is 17.8 Å². The number of hydrogen-bond donors (Lipinski definition) is 2. The molecule has 2 N–H and O–H groups in total. The highest BCUT2D eigenvalue weighted by Gasteiger charge is 2.16. The van der Waals surface area contributed by atoms with Gasteiger partial charge in [-0.2, -0.15) is 0 Å². The molecule has 0 unspecified atom stereocenters. The van der Waals surface area contributed by atoms with Crippen molar-refractivity contribution in [2.24, 2.45) is 0 Å². The molecule has 0 fully saturated rings. The summed E-state index contributed by atoms with van der Waals surface area (Å²) in [5, 5.41) is 15.8. The summed E-state index contributed by atoms with van der Waals surface area (Å²) in [6, 6.07) is 15.1. The smallest absolute Gasteiger partial charge is 0.277 e. The van der Waals surface area contributed by atoms with E-state index in [2.05, 4.69) is 10.5 Å². The van der Waals surface area contributed by atoms with E-state index in [1.807, 2.05) is 18.2 Å². The summed E-state index contributed by atoms with van der Waals surface area (Å²) in [7, 11) is 1.56. The number of phenols is 1. The quantitative estimate of drug-likeness (QED) is 0.772. The Bertz CT molecular complexity index is 842. The molecule has 1 aromatic heterocycles. The summed E-state index contributed by atoms with van der Waals surface area (Å²) in [5.74, 6) is 0.699. The molecule has 2 aromatic carbocycles. The number of nitrogens with zero attached hydrogens (tertiary/aromatic N) is 1. The molecule has 1 amide bonds. The topological polar surface area (TPSA) is 84.6 Å². The van der Waals surface area contributed by atoms with Crippen molar-refractivity contribution in [3.63, 3.8) is 0 Å². The zero-order valence-electron chi connectivity index (χ0n) is 12.3. The molecule has 6 nitrogen and oxygen atoms in total. The Hall–Kier alpha value is -3.28. The molecular weight excluding hydrogens is 296 g/mol. The van der Waals surface area contributed by atoms with Crippen molar-refractivity contribution in [3.8, 4) is 22.8 Å². The number of carbonyl (C=O) groups excluding carboxylic acids is 1. The number of rotatable bonds is 4. The second-order valence-corrected chi connectivity index (χ2v) is 4.78. The maximum Gasteiger partial charge on any atom is 0.277 e. The monoisotopic (exact) mass is 310 g/mol. The Labute approximate surface area is 132 Å². The lowest BCUT2D eigenvalue weighted by molar-refractivity contribution is 0.101. The van der Waals surface area contributed by atoms with Crippen LogP contribution in [0.25, 0.3) is 11.3 Å². The van der Waals surface area contributed by atoms with Crippen LogP contribution in [-0.4, -0.2) is 23.3 Å². The summed E-state index contributed by atoms with van der Waals surface area (Å²) in [5.41, 5.74) is 1.31. The van der Waals surface area contributed by atoms with Gasteiger partial charge < -0.3 is 19.7 Å². The van der Waals surface area contributed by atoms with Gasteiger partial charge in [-0.05, 0) is 24.3 Å². The molecule has 0 bridgehead atoms. The molecule has 23 heavy (non-hydrogen) atoms. The van der Waals surface area contributed by atoms with Gasteiger partial charge in [-0.25, -0.2) is 0 Å². The number of para-hydroxylation sites is 1. The van der Waals surface area contributed by atoms with Gasteiger partial charge in [0.15, 0.2) is 11.5 Å². The SMILES string of the molecule is COc1ccccc1-c1cc(C(=O)Nc2cccc(O)c2)no1. The van der Waals surface area contributed by atoms with Crippen molar-refractivity contribution in [2.75, 3.05) is 12.4 Å². The normalized spacial score (nSPS) is 10.3. The van der Waals surface area contributed by atoms with Gasteiger partial charge in [0.05, 0.1) is 12.7 Å². The molecule has 0 aliphatic heterocycles. The first-order valence-corrected chi connectivity index (χ1v) is 6.88. The predicted octanol–water partition coefficient (Wildman–Crippen LogP) is 3.31. The molecule has 0 radical (unpaired) electrons. The van der Waals surface area contributed by atoms with Gasteiger partial charge in [0.1, 0.15) is 11.5 Å². The van der Waals surface area contributed by atoms with Crippen LogP contribution in [0, 0.1) is 0 Å². The van der Waals surface area contributed by atoms with E-state index in [4.69, 9.17) is 9.26 Å². The second kappa shape index (κ2) is 6.23. The molecule has 0 spiro atoms. The standard InChI is InChI=1S/C17H14N2O4/c1-22-15-8-3-2-7-13(15)16-10-14(19-23-16)17(21)18-11-5-4-6-12(20)9-11/h2-10,20H,1H3,(H,18,21). The van der Waals surface area contributed by atoms with E-state index in [1.54, 1.807) is 25.3 Å². The summed E-state index contributed by atoms with van der Waals surface area (Å²) in [6.07, 6.45) is 0. The third kappa shape index (κ3) is 3.16. The first kappa shape index (κ1) is 14.6. The predicted molar refractivity (Wildman–Crippen MR) is 84.6 cm³/mol. The molecule has 0 saturated heterocycles. The number of amides is 1. The summed E-state index contributed by atoms with van der Waals surface area (Å²) < 4.78 is 10.5. The Balaban J connectivity index is 1.83. The number of ether oxygens (including phenoxy) is 1. The lowest BCUT2D eigenvalue weighted by atomic mass is 10.1. The van der Waals surface area contributed by atoms with Crippen LogP contribution in [0.1, 0.15) is 10.5 Å². The van der Waals surface area contributed by atoms with E-state index < -0.39 is 5.91 Å². The molecule has 1 heterocycles. The third-order valence-electron chi connectivity index (χ3n) is 3.22. The van der Waals surface area contributed by atoms with E-state index >= 15 is 0 Å². The number of methoxy groups -OCH3 is 1. The van der Waals surface area contributed by atoms with Crippen LogP contribution in [-0.2, 0) is 0 Å². The zero-order valence-corrected chi connectivity index (χ0v) is 12.3. The Morgan fingerprint density at radius 1 is 1.17 bits per heavy atom. The molecule has 0 aliphatic carbocycles. The fourth-order valence-electron chi connectivity index (χ4n) is 2.14. The number of aromatic nitrogens is 1. The Kier molecular flexibility index (Phi) is 3.97. The van der Waals surface area contributed by atoms with E-state index in [0.29, 0.717) is 22.8 Å². The van der Waals surface area contributed by atoms with Gasteiger partial charge in [-0.1, -0.05) is 23.4 Å². The zero-order chi connectivity index (χ0) is 16.2. The lowest BCUT2D eigenvalue weighted by Crippen LogP contribution is -2.11. The van der Waals surface area contributed by atoms with Gasteiger partial charge in [0.2, 0.25) is 0 Å². The molecule has 116 valence electrons. The summed E-state index contributed by atoms with van der Waals surface area (Å²) >= 11 is 0. The van der Waals surface area contributed by atoms with E-state index in [1.165, 1.54) is 18.2 Å². The number of phenolic OH excluding ortho intramolecular Hbond substituents is 1.